The minimum absolute atomic E-state index is 0.799. The number of fused-ring (bicyclic) bond motifs is 2. The number of nitrogens with zero attached hydrogens (tertiary/aromatic N) is 4. The highest BCUT2D eigenvalue weighted by Gasteiger charge is 2.20. The van der Waals surface area contributed by atoms with Crippen molar-refractivity contribution in [1.29, 1.82) is 0 Å². The molecule has 3 aromatic heterocycles. The van der Waals surface area contributed by atoms with Gasteiger partial charge in [-0.05, 0) is 25.7 Å². The lowest BCUT2D eigenvalue weighted by atomic mass is 10.0. The Balaban J connectivity index is 1.94. The molecule has 6 heteroatoms. The maximum Gasteiger partial charge on any atom is 0.195 e. The standard InChI is InChI=1S/C13H13BrN4S/c14-7-11-12(16-13-17(11)5-6-19-13)18-8-15-9-3-1-2-4-10(9)18/h5-6,8H,1-4,7H2. The molecule has 1 aliphatic carbocycles. The Morgan fingerprint density at radius 1 is 1.32 bits per heavy atom. The highest BCUT2D eigenvalue weighted by molar-refractivity contribution is 9.08. The molecule has 0 saturated heterocycles. The van der Waals surface area contributed by atoms with E-state index in [4.69, 9.17) is 4.98 Å². The molecule has 0 fully saturated rings. The summed E-state index contributed by atoms with van der Waals surface area (Å²) in [6.07, 6.45) is 8.75. The molecule has 0 amide bonds. The number of aryl methyl sites for hydroxylation is 1. The van der Waals surface area contributed by atoms with Crippen LogP contribution in [0.1, 0.15) is 29.9 Å². The maximum absolute atomic E-state index is 4.77. The van der Waals surface area contributed by atoms with E-state index in [0.717, 1.165) is 29.0 Å². The molecule has 98 valence electrons. The van der Waals surface area contributed by atoms with Crippen LogP contribution in [-0.2, 0) is 18.2 Å². The first-order chi connectivity index (χ1) is 9.38. The van der Waals surface area contributed by atoms with Crippen LogP contribution in [0.4, 0.5) is 0 Å². The number of hydrogen-bond donors (Lipinski definition) is 0. The van der Waals surface area contributed by atoms with Crippen molar-refractivity contribution in [3.8, 4) is 5.82 Å². The highest BCUT2D eigenvalue weighted by atomic mass is 79.9. The summed E-state index contributed by atoms with van der Waals surface area (Å²) in [7, 11) is 0. The SMILES string of the molecule is BrCc1c(-n2cnc3c2CCCC3)nc2sccn12. The Hall–Kier alpha value is -1.14. The summed E-state index contributed by atoms with van der Waals surface area (Å²) in [6, 6.07) is 0. The summed E-state index contributed by atoms with van der Waals surface area (Å²) in [5, 5.41) is 2.87. The molecule has 19 heavy (non-hydrogen) atoms. The third kappa shape index (κ3) is 1.70. The van der Waals surface area contributed by atoms with Crippen molar-refractivity contribution in [2.24, 2.45) is 0 Å². The molecule has 4 rings (SSSR count). The van der Waals surface area contributed by atoms with Crippen LogP contribution in [0.5, 0.6) is 0 Å². The molecule has 3 aromatic rings. The average molecular weight is 337 g/mol. The number of hydrogen-bond acceptors (Lipinski definition) is 3. The van der Waals surface area contributed by atoms with E-state index in [1.54, 1.807) is 11.3 Å². The van der Waals surface area contributed by atoms with Crippen LogP contribution in [0.3, 0.4) is 0 Å². The van der Waals surface area contributed by atoms with E-state index in [1.165, 1.54) is 29.9 Å². The monoisotopic (exact) mass is 336 g/mol. The molecule has 0 bridgehead atoms. The van der Waals surface area contributed by atoms with Crippen molar-refractivity contribution < 1.29 is 0 Å². The van der Waals surface area contributed by atoms with Crippen molar-refractivity contribution >= 4 is 32.2 Å². The predicted octanol–water partition coefficient (Wildman–Crippen LogP) is 3.36. The summed E-state index contributed by atoms with van der Waals surface area (Å²) < 4.78 is 4.34. The van der Waals surface area contributed by atoms with Crippen LogP contribution in [0, 0.1) is 0 Å². The summed E-state index contributed by atoms with van der Waals surface area (Å²) in [6.45, 7) is 0. The summed E-state index contributed by atoms with van der Waals surface area (Å²) >= 11 is 5.25. The fourth-order valence-electron chi connectivity index (χ4n) is 2.79. The summed E-state index contributed by atoms with van der Waals surface area (Å²) in [4.78, 5) is 10.4. The molecule has 3 heterocycles. The van der Waals surface area contributed by atoms with Gasteiger partial charge in [0.25, 0.3) is 0 Å². The Labute approximate surface area is 123 Å². The van der Waals surface area contributed by atoms with E-state index in [9.17, 15) is 0 Å². The molecular weight excluding hydrogens is 324 g/mol. The Bertz CT molecular complexity index is 739. The van der Waals surface area contributed by atoms with E-state index in [-0.39, 0.29) is 0 Å². The summed E-state index contributed by atoms with van der Waals surface area (Å²) in [5.41, 5.74) is 3.80. The van der Waals surface area contributed by atoms with Crippen molar-refractivity contribution in [1.82, 2.24) is 18.9 Å². The first-order valence-electron chi connectivity index (χ1n) is 6.44. The molecule has 0 spiro atoms. The second kappa shape index (κ2) is 4.45. The number of thiazole rings is 1. The van der Waals surface area contributed by atoms with Gasteiger partial charge in [0.1, 0.15) is 6.33 Å². The van der Waals surface area contributed by atoms with Crippen molar-refractivity contribution in [2.75, 3.05) is 0 Å². The largest absolute Gasteiger partial charge is 0.292 e. The third-order valence-corrected chi connectivity index (χ3v) is 5.01. The van der Waals surface area contributed by atoms with Gasteiger partial charge in [0.2, 0.25) is 0 Å². The second-order valence-electron chi connectivity index (χ2n) is 4.79. The van der Waals surface area contributed by atoms with Gasteiger partial charge in [-0.15, -0.1) is 11.3 Å². The Morgan fingerprint density at radius 3 is 3.11 bits per heavy atom. The molecular formula is C13H13BrN4S. The fraction of sp³-hybridized carbons (Fsp3) is 0.385. The molecule has 0 atom stereocenters. The van der Waals surface area contributed by atoms with Crippen LogP contribution < -0.4 is 0 Å². The summed E-state index contributed by atoms with van der Waals surface area (Å²) in [5.74, 6) is 1.03. The predicted molar refractivity (Wildman–Crippen MR) is 79.5 cm³/mol. The molecule has 4 nitrogen and oxygen atoms in total. The van der Waals surface area contributed by atoms with Crippen LogP contribution in [0.15, 0.2) is 17.9 Å². The number of alkyl halides is 1. The molecule has 0 aromatic carbocycles. The Kier molecular flexibility index (Phi) is 2.73. The molecule has 0 N–H and O–H groups in total. The third-order valence-electron chi connectivity index (χ3n) is 3.72. The normalized spacial score (nSPS) is 15.0. The zero-order valence-electron chi connectivity index (χ0n) is 10.3. The van der Waals surface area contributed by atoms with Gasteiger partial charge in [-0.2, -0.15) is 0 Å². The van der Waals surface area contributed by atoms with Crippen LogP contribution in [0.2, 0.25) is 0 Å². The van der Waals surface area contributed by atoms with E-state index in [1.807, 2.05) is 6.33 Å². The van der Waals surface area contributed by atoms with Crippen molar-refractivity contribution in [2.45, 2.75) is 31.0 Å². The van der Waals surface area contributed by atoms with E-state index < -0.39 is 0 Å². The number of aromatic nitrogens is 4. The topological polar surface area (TPSA) is 35.1 Å². The van der Waals surface area contributed by atoms with Crippen molar-refractivity contribution in [3.05, 3.63) is 35.0 Å². The molecule has 0 radical (unpaired) electrons. The lowest BCUT2D eigenvalue weighted by Crippen LogP contribution is -2.08. The second-order valence-corrected chi connectivity index (χ2v) is 6.22. The highest BCUT2D eigenvalue weighted by Crippen LogP contribution is 2.27. The van der Waals surface area contributed by atoms with Gasteiger partial charge in [-0.25, -0.2) is 9.97 Å². The minimum atomic E-state index is 0.799. The van der Waals surface area contributed by atoms with Gasteiger partial charge in [0.15, 0.2) is 10.8 Å². The molecule has 0 unspecified atom stereocenters. The van der Waals surface area contributed by atoms with Gasteiger partial charge in [-0.3, -0.25) is 8.97 Å². The van der Waals surface area contributed by atoms with Crippen LogP contribution in [0.25, 0.3) is 10.8 Å². The molecule has 1 aliphatic rings. The lowest BCUT2D eigenvalue weighted by Gasteiger charge is -2.13. The van der Waals surface area contributed by atoms with Crippen LogP contribution >= 0.6 is 27.3 Å². The minimum Gasteiger partial charge on any atom is -0.292 e. The zero-order valence-corrected chi connectivity index (χ0v) is 12.7. The van der Waals surface area contributed by atoms with Gasteiger partial charge in [-0.1, -0.05) is 15.9 Å². The maximum atomic E-state index is 4.77. The smallest absolute Gasteiger partial charge is 0.195 e. The number of halogens is 1. The van der Waals surface area contributed by atoms with E-state index in [2.05, 4.69) is 41.5 Å². The van der Waals surface area contributed by atoms with Gasteiger partial charge in [0, 0.05) is 22.6 Å². The van der Waals surface area contributed by atoms with Crippen LogP contribution in [-0.4, -0.2) is 18.9 Å². The quantitative estimate of drug-likeness (QED) is 0.672. The molecule has 0 saturated carbocycles. The first-order valence-corrected chi connectivity index (χ1v) is 8.44. The number of rotatable bonds is 2. The zero-order chi connectivity index (χ0) is 12.8. The Morgan fingerprint density at radius 2 is 2.21 bits per heavy atom. The fourth-order valence-corrected chi connectivity index (χ4v) is 4.04. The van der Waals surface area contributed by atoms with Gasteiger partial charge >= 0.3 is 0 Å². The van der Waals surface area contributed by atoms with Crippen molar-refractivity contribution in [3.63, 3.8) is 0 Å². The van der Waals surface area contributed by atoms with E-state index >= 15 is 0 Å². The number of imidazole rings is 2. The van der Waals surface area contributed by atoms with Gasteiger partial charge in [0.05, 0.1) is 11.4 Å². The van der Waals surface area contributed by atoms with Gasteiger partial charge < -0.3 is 0 Å². The molecule has 0 aliphatic heterocycles. The van der Waals surface area contributed by atoms with E-state index in [0.29, 0.717) is 0 Å². The first kappa shape index (κ1) is 11.7. The average Bonchev–Trinajstić information content (AvgIpc) is 3.11. The lowest BCUT2D eigenvalue weighted by molar-refractivity contribution is 0.654.